The molecule has 1 fully saturated rings. The first-order valence-electron chi connectivity index (χ1n) is 8.41. The van der Waals surface area contributed by atoms with Crippen molar-refractivity contribution in [2.45, 2.75) is 19.9 Å². The smallest absolute Gasteiger partial charge is 0.276 e. The number of carbonyl (C=O) groups excluding carboxylic acids is 1. The Morgan fingerprint density at radius 1 is 1.19 bits per heavy atom. The van der Waals surface area contributed by atoms with Gasteiger partial charge in [0, 0.05) is 36.2 Å². The zero-order valence-electron chi connectivity index (χ0n) is 14.5. The van der Waals surface area contributed by atoms with Crippen LogP contribution >= 0.6 is 23.2 Å². The molecule has 3 heterocycles. The summed E-state index contributed by atoms with van der Waals surface area (Å²) < 4.78 is 0. The van der Waals surface area contributed by atoms with E-state index in [1.807, 2.05) is 30.1 Å². The second-order valence-corrected chi connectivity index (χ2v) is 7.40. The first-order valence-corrected chi connectivity index (χ1v) is 9.17. The van der Waals surface area contributed by atoms with Crippen molar-refractivity contribution in [1.29, 1.82) is 0 Å². The van der Waals surface area contributed by atoms with Gasteiger partial charge in [0.05, 0.1) is 16.1 Å². The average Bonchev–Trinajstić information content (AvgIpc) is 3.06. The molecule has 26 heavy (non-hydrogen) atoms. The number of fused-ring (bicyclic) bond motifs is 1. The molecule has 1 atom stereocenters. The predicted octanol–water partition coefficient (Wildman–Crippen LogP) is 3.66. The van der Waals surface area contributed by atoms with E-state index in [1.54, 1.807) is 23.2 Å². The first kappa shape index (κ1) is 17.3. The summed E-state index contributed by atoms with van der Waals surface area (Å²) in [6.45, 7) is 5.22. The van der Waals surface area contributed by atoms with Gasteiger partial charge in [-0.1, -0.05) is 23.2 Å². The fraction of sp³-hybridized carbons (Fsp3) is 0.263. The summed E-state index contributed by atoms with van der Waals surface area (Å²) in [6, 6.07) is 9.35. The van der Waals surface area contributed by atoms with E-state index >= 15 is 0 Å². The number of nitrogens with zero attached hydrogens (tertiary/aromatic N) is 3. The summed E-state index contributed by atoms with van der Waals surface area (Å²) in [7, 11) is 0. The fourth-order valence-electron chi connectivity index (χ4n) is 3.49. The summed E-state index contributed by atoms with van der Waals surface area (Å²) in [5.74, 6) is -0.0454. The zero-order chi connectivity index (χ0) is 18.4. The van der Waals surface area contributed by atoms with E-state index in [0.29, 0.717) is 28.8 Å². The lowest BCUT2D eigenvalue weighted by Gasteiger charge is -2.39. The van der Waals surface area contributed by atoms with E-state index in [2.05, 4.69) is 17.3 Å². The SMILES string of the molecule is Cc1cc(C2=C3C(=O)N(c4ccc(Cl)c(Cl)c4)C[C@H](C)N3NC2)ccn1. The maximum Gasteiger partial charge on any atom is 0.276 e. The normalized spacial score (nSPS) is 20.0. The van der Waals surface area contributed by atoms with Gasteiger partial charge in [0.1, 0.15) is 5.70 Å². The molecule has 2 aliphatic heterocycles. The Morgan fingerprint density at radius 2 is 2.00 bits per heavy atom. The molecule has 0 bridgehead atoms. The van der Waals surface area contributed by atoms with Crippen LogP contribution in [0.5, 0.6) is 0 Å². The molecule has 0 saturated carbocycles. The Labute approximate surface area is 162 Å². The van der Waals surface area contributed by atoms with Crippen LogP contribution < -0.4 is 10.3 Å². The molecule has 1 aromatic carbocycles. The van der Waals surface area contributed by atoms with Crippen LogP contribution in [0.4, 0.5) is 5.69 Å². The van der Waals surface area contributed by atoms with E-state index in [4.69, 9.17) is 23.2 Å². The van der Waals surface area contributed by atoms with Gasteiger partial charge in [-0.15, -0.1) is 0 Å². The molecule has 134 valence electrons. The maximum absolute atomic E-state index is 13.3. The van der Waals surface area contributed by atoms with E-state index in [9.17, 15) is 4.79 Å². The number of amides is 1. The minimum atomic E-state index is -0.0454. The van der Waals surface area contributed by atoms with Crippen LogP contribution in [-0.2, 0) is 4.79 Å². The largest absolute Gasteiger partial charge is 0.305 e. The van der Waals surface area contributed by atoms with Gasteiger partial charge in [-0.2, -0.15) is 0 Å². The Bertz CT molecular complexity index is 928. The van der Waals surface area contributed by atoms with E-state index in [1.165, 1.54) is 0 Å². The molecule has 1 aromatic heterocycles. The number of hydrogen-bond donors (Lipinski definition) is 1. The molecule has 1 saturated heterocycles. The number of halogens is 2. The van der Waals surface area contributed by atoms with Gasteiger partial charge in [0.2, 0.25) is 0 Å². The minimum absolute atomic E-state index is 0.0454. The number of piperazine rings is 1. The molecule has 7 heteroatoms. The molecular weight excluding hydrogens is 371 g/mol. The van der Waals surface area contributed by atoms with Crippen LogP contribution in [0.3, 0.4) is 0 Å². The number of aromatic nitrogens is 1. The third-order valence-electron chi connectivity index (χ3n) is 4.75. The first-order chi connectivity index (χ1) is 12.5. The number of pyridine rings is 1. The molecule has 2 aromatic rings. The summed E-state index contributed by atoms with van der Waals surface area (Å²) >= 11 is 12.2. The number of anilines is 1. The van der Waals surface area contributed by atoms with Gasteiger partial charge in [-0.05, 0) is 49.7 Å². The van der Waals surface area contributed by atoms with E-state index in [0.717, 1.165) is 22.5 Å². The molecule has 2 aliphatic rings. The number of benzene rings is 1. The molecule has 5 nitrogen and oxygen atoms in total. The molecule has 1 amide bonds. The van der Waals surface area contributed by atoms with Gasteiger partial charge < -0.3 is 4.90 Å². The number of nitrogens with one attached hydrogen (secondary N) is 1. The number of carbonyl (C=O) groups is 1. The van der Waals surface area contributed by atoms with Crippen molar-refractivity contribution in [3.8, 4) is 0 Å². The van der Waals surface area contributed by atoms with Gasteiger partial charge in [-0.3, -0.25) is 14.8 Å². The summed E-state index contributed by atoms with van der Waals surface area (Å²) in [5, 5.41) is 2.89. The lowest BCUT2D eigenvalue weighted by atomic mass is 10.0. The van der Waals surface area contributed by atoms with Gasteiger partial charge in [0.25, 0.3) is 5.91 Å². The molecular formula is C19H18Cl2N4O. The van der Waals surface area contributed by atoms with Crippen molar-refractivity contribution in [3.05, 3.63) is 63.5 Å². The van der Waals surface area contributed by atoms with Crippen LogP contribution in [0.1, 0.15) is 18.2 Å². The lowest BCUT2D eigenvalue weighted by molar-refractivity contribution is -0.118. The van der Waals surface area contributed by atoms with Crippen molar-refractivity contribution < 1.29 is 4.79 Å². The highest BCUT2D eigenvalue weighted by atomic mass is 35.5. The van der Waals surface area contributed by atoms with Gasteiger partial charge in [0.15, 0.2) is 0 Å². The number of aryl methyl sites for hydroxylation is 1. The van der Waals surface area contributed by atoms with Crippen LogP contribution in [0.15, 0.2) is 42.2 Å². The van der Waals surface area contributed by atoms with Crippen molar-refractivity contribution in [2.75, 3.05) is 18.0 Å². The summed E-state index contributed by atoms with van der Waals surface area (Å²) in [6.07, 6.45) is 1.77. The quantitative estimate of drug-likeness (QED) is 0.852. The van der Waals surface area contributed by atoms with Crippen LogP contribution in [0, 0.1) is 6.92 Å². The maximum atomic E-state index is 13.3. The molecule has 0 radical (unpaired) electrons. The van der Waals surface area contributed by atoms with Crippen LogP contribution in [0.2, 0.25) is 10.0 Å². The number of hydrazine groups is 1. The molecule has 0 aliphatic carbocycles. The van der Waals surface area contributed by atoms with Crippen LogP contribution in [0.25, 0.3) is 5.57 Å². The standard InChI is InChI=1S/C19H18Cl2N4O/c1-11-7-13(5-6-22-11)15-9-23-25-12(2)10-24(19(26)18(15)25)14-3-4-16(20)17(21)8-14/h3-8,12,23H,9-10H2,1-2H3/t12-/m0/s1. The Balaban J connectivity index is 1.79. The van der Waals surface area contributed by atoms with Gasteiger partial charge >= 0.3 is 0 Å². The highest BCUT2D eigenvalue weighted by molar-refractivity contribution is 6.42. The second kappa shape index (κ2) is 6.58. The number of rotatable bonds is 2. The summed E-state index contributed by atoms with van der Waals surface area (Å²) in [5.41, 5.74) is 7.69. The highest BCUT2D eigenvalue weighted by Gasteiger charge is 2.40. The highest BCUT2D eigenvalue weighted by Crippen LogP contribution is 2.35. The monoisotopic (exact) mass is 388 g/mol. The van der Waals surface area contributed by atoms with Gasteiger partial charge in [-0.25, -0.2) is 5.43 Å². The topological polar surface area (TPSA) is 48.5 Å². The molecule has 4 rings (SSSR count). The molecule has 0 unspecified atom stereocenters. The van der Waals surface area contributed by atoms with Crippen molar-refractivity contribution in [2.24, 2.45) is 0 Å². The predicted molar refractivity (Wildman–Crippen MR) is 104 cm³/mol. The minimum Gasteiger partial charge on any atom is -0.305 e. The zero-order valence-corrected chi connectivity index (χ0v) is 16.0. The number of hydrogen-bond acceptors (Lipinski definition) is 4. The Morgan fingerprint density at radius 3 is 2.73 bits per heavy atom. The summed E-state index contributed by atoms with van der Waals surface area (Å²) in [4.78, 5) is 19.3. The third-order valence-corrected chi connectivity index (χ3v) is 5.49. The second-order valence-electron chi connectivity index (χ2n) is 6.58. The van der Waals surface area contributed by atoms with Crippen molar-refractivity contribution in [1.82, 2.24) is 15.4 Å². The van der Waals surface area contributed by atoms with Crippen LogP contribution in [-0.4, -0.2) is 35.0 Å². The molecule has 1 N–H and O–H groups in total. The van der Waals surface area contributed by atoms with E-state index in [-0.39, 0.29) is 11.9 Å². The Kier molecular flexibility index (Phi) is 4.39. The molecule has 0 spiro atoms. The third kappa shape index (κ3) is 2.86. The Hall–Kier alpha value is -2.08. The lowest BCUT2D eigenvalue weighted by Crippen LogP contribution is -2.55. The van der Waals surface area contributed by atoms with Crippen molar-refractivity contribution >= 4 is 40.4 Å². The van der Waals surface area contributed by atoms with Crippen molar-refractivity contribution in [3.63, 3.8) is 0 Å². The average molecular weight is 389 g/mol. The fourth-order valence-corrected chi connectivity index (χ4v) is 3.78. The van der Waals surface area contributed by atoms with E-state index < -0.39 is 0 Å².